The Kier molecular flexibility index (Phi) is 3.19. The van der Waals surface area contributed by atoms with Crippen molar-refractivity contribution in [1.29, 1.82) is 0 Å². The number of carbonyl (C=O) groups is 1. The smallest absolute Gasteiger partial charge is 0.357 e. The fraction of sp³-hybridized carbons (Fsp3) is 0.118. The molecule has 3 aromatic rings. The minimum absolute atomic E-state index is 0.0971. The monoisotopic (exact) mass is 321 g/mol. The molecule has 0 fully saturated rings. The van der Waals surface area contributed by atoms with Gasteiger partial charge < -0.3 is 11.1 Å². The number of para-hydroxylation sites is 2. The number of hydrogen-bond donors (Lipinski definition) is 4. The van der Waals surface area contributed by atoms with E-state index in [1.54, 1.807) is 0 Å². The summed E-state index contributed by atoms with van der Waals surface area (Å²) in [6, 6.07) is 15.6. The number of nitrogens with two attached hydrogens (primary N) is 1. The van der Waals surface area contributed by atoms with E-state index in [1.807, 2.05) is 48.5 Å². The van der Waals surface area contributed by atoms with Crippen LogP contribution in [0.2, 0.25) is 0 Å². The van der Waals surface area contributed by atoms with Crippen molar-refractivity contribution in [3.8, 4) is 0 Å². The fourth-order valence-electron chi connectivity index (χ4n) is 2.95. The number of hydrogen-bond acceptors (Lipinski definition) is 4. The molecule has 1 amide bonds. The van der Waals surface area contributed by atoms with Crippen LogP contribution in [0, 0.1) is 0 Å². The van der Waals surface area contributed by atoms with Crippen molar-refractivity contribution in [2.45, 2.75) is 13.1 Å². The van der Waals surface area contributed by atoms with Gasteiger partial charge in [0.05, 0.1) is 0 Å². The zero-order valence-electron chi connectivity index (χ0n) is 13.1. The van der Waals surface area contributed by atoms with Crippen LogP contribution in [0.5, 0.6) is 0 Å². The number of H-pyrrole nitrogens is 1. The molecule has 2 aromatic carbocycles. The quantitative estimate of drug-likeness (QED) is 0.541. The van der Waals surface area contributed by atoms with Gasteiger partial charge in [-0.3, -0.25) is 4.79 Å². The number of fused-ring (bicyclic) bond motifs is 3. The van der Waals surface area contributed by atoms with Crippen molar-refractivity contribution in [3.05, 3.63) is 54.1 Å². The van der Waals surface area contributed by atoms with Gasteiger partial charge in [-0.15, -0.1) is 0 Å². The summed E-state index contributed by atoms with van der Waals surface area (Å²) in [4.78, 5) is 19.0. The predicted molar refractivity (Wildman–Crippen MR) is 92.6 cm³/mol. The van der Waals surface area contributed by atoms with Crippen molar-refractivity contribution in [1.82, 2.24) is 4.98 Å². The number of nitrogens with one attached hydrogen (secondary N) is 3. The highest BCUT2D eigenvalue weighted by molar-refractivity contribution is 5.92. The maximum Gasteiger partial charge on any atom is 0.365 e. The zero-order valence-corrected chi connectivity index (χ0v) is 13.1. The lowest BCUT2D eigenvalue weighted by Crippen LogP contribution is -2.48. The molecule has 24 heavy (non-hydrogen) atoms. The van der Waals surface area contributed by atoms with Gasteiger partial charge in [0, 0.05) is 18.2 Å². The normalized spacial score (nSPS) is 16.2. The lowest BCUT2D eigenvalue weighted by molar-refractivity contribution is -0.674. The molecular weight excluding hydrogens is 304 g/mol. The highest BCUT2D eigenvalue weighted by atomic mass is 16.1. The van der Waals surface area contributed by atoms with Gasteiger partial charge in [-0.25, -0.2) is 14.9 Å². The average Bonchev–Trinajstić information content (AvgIpc) is 2.92. The number of guanidine groups is 1. The molecule has 4 rings (SSSR count). The van der Waals surface area contributed by atoms with Crippen LogP contribution >= 0.6 is 0 Å². The summed E-state index contributed by atoms with van der Waals surface area (Å²) in [5.41, 5.74) is 9.71. The zero-order chi connectivity index (χ0) is 16.7. The number of carbonyl (C=O) groups excluding carboxylic acids is 1. The number of rotatable bonds is 2. The highest BCUT2D eigenvalue weighted by Gasteiger charge is 2.30. The van der Waals surface area contributed by atoms with Crippen LogP contribution in [0.25, 0.3) is 11.0 Å². The molecule has 0 saturated carbocycles. The van der Waals surface area contributed by atoms with Crippen LogP contribution in [-0.2, 0) is 4.79 Å². The van der Waals surface area contributed by atoms with E-state index in [1.165, 1.54) is 6.92 Å². The summed E-state index contributed by atoms with van der Waals surface area (Å²) < 4.78 is 2.07. The third kappa shape index (κ3) is 2.36. The van der Waals surface area contributed by atoms with Gasteiger partial charge in [0.1, 0.15) is 11.0 Å². The second kappa shape index (κ2) is 5.38. The summed E-state index contributed by atoms with van der Waals surface area (Å²) in [5, 5.41) is 5.83. The Bertz CT molecular complexity index is 957. The van der Waals surface area contributed by atoms with Gasteiger partial charge in [-0.05, 0) is 24.3 Å². The summed E-state index contributed by atoms with van der Waals surface area (Å²) >= 11 is 0. The number of aromatic nitrogens is 2. The topological polar surface area (TPSA) is 99.2 Å². The van der Waals surface area contributed by atoms with E-state index in [0.717, 1.165) is 28.2 Å². The largest absolute Gasteiger partial charge is 0.365 e. The van der Waals surface area contributed by atoms with E-state index in [9.17, 15) is 4.79 Å². The van der Waals surface area contributed by atoms with Crippen LogP contribution in [0.3, 0.4) is 0 Å². The number of amides is 1. The standard InChI is InChI=1S/C17H16N6O/c1-10(24)19-12-8-6-11(7-9-12)15-21-16(18)22-17-20-13-4-2-3-5-14(13)23(15)17/h2-9,15H,1H3,(H4,18,19,20,21,22,24)/p+1/t15-/m0/s1. The summed E-state index contributed by atoms with van der Waals surface area (Å²) in [6.07, 6.45) is -0.274. The predicted octanol–water partition coefficient (Wildman–Crippen LogP) is 1.70. The second-order valence-corrected chi connectivity index (χ2v) is 5.68. The van der Waals surface area contributed by atoms with Crippen molar-refractivity contribution in [2.24, 2.45) is 10.7 Å². The van der Waals surface area contributed by atoms with Crippen LogP contribution in [0.4, 0.5) is 11.6 Å². The maximum absolute atomic E-state index is 11.2. The lowest BCUT2D eigenvalue weighted by atomic mass is 10.1. The maximum atomic E-state index is 11.2. The third-order valence-corrected chi connectivity index (χ3v) is 3.94. The van der Waals surface area contributed by atoms with Gasteiger partial charge in [-0.2, -0.15) is 4.99 Å². The minimum atomic E-state index is -0.274. The first-order chi connectivity index (χ1) is 11.6. The first-order valence-corrected chi connectivity index (χ1v) is 7.62. The van der Waals surface area contributed by atoms with Crippen LogP contribution < -0.4 is 20.9 Å². The minimum Gasteiger partial charge on any atom is -0.357 e. The van der Waals surface area contributed by atoms with E-state index < -0.39 is 0 Å². The Hall–Kier alpha value is -3.35. The van der Waals surface area contributed by atoms with Crippen molar-refractivity contribution in [2.75, 3.05) is 10.6 Å². The van der Waals surface area contributed by atoms with E-state index in [0.29, 0.717) is 5.96 Å². The highest BCUT2D eigenvalue weighted by Crippen LogP contribution is 2.24. The van der Waals surface area contributed by atoms with Gasteiger partial charge in [0.25, 0.3) is 5.96 Å². The number of aliphatic imine (C=N–C) groups is 1. The Morgan fingerprint density at radius 3 is 2.71 bits per heavy atom. The van der Waals surface area contributed by atoms with E-state index >= 15 is 0 Å². The van der Waals surface area contributed by atoms with Crippen molar-refractivity contribution < 1.29 is 9.36 Å². The van der Waals surface area contributed by atoms with Crippen LogP contribution in [-0.4, -0.2) is 16.9 Å². The molecule has 2 heterocycles. The molecule has 0 aliphatic carbocycles. The number of imidazole rings is 1. The number of anilines is 2. The molecule has 1 aromatic heterocycles. The summed E-state index contributed by atoms with van der Waals surface area (Å²) in [6.45, 7) is 1.49. The fourth-order valence-corrected chi connectivity index (χ4v) is 2.95. The SMILES string of the molecule is CC(=O)Nc1ccc([C@H]2N=C(N)Nc3[nH]c4ccccc4[n+]32)cc1. The number of benzene rings is 2. The first-order valence-electron chi connectivity index (χ1n) is 7.62. The van der Waals surface area contributed by atoms with Gasteiger partial charge in [0.2, 0.25) is 12.1 Å². The van der Waals surface area contributed by atoms with Gasteiger partial charge >= 0.3 is 5.95 Å². The molecule has 1 atom stereocenters. The van der Waals surface area contributed by atoms with Gasteiger partial charge in [-0.1, -0.05) is 24.3 Å². The second-order valence-electron chi connectivity index (χ2n) is 5.68. The molecule has 7 nitrogen and oxygen atoms in total. The van der Waals surface area contributed by atoms with Crippen molar-refractivity contribution in [3.63, 3.8) is 0 Å². The molecule has 1 aliphatic rings. The molecule has 1 aliphatic heterocycles. The number of aromatic amines is 1. The third-order valence-electron chi connectivity index (χ3n) is 3.94. The molecule has 0 saturated heterocycles. The van der Waals surface area contributed by atoms with Crippen LogP contribution in [0.15, 0.2) is 53.5 Å². The average molecular weight is 321 g/mol. The van der Waals surface area contributed by atoms with E-state index in [4.69, 9.17) is 5.73 Å². The molecule has 0 unspecified atom stereocenters. The van der Waals surface area contributed by atoms with Gasteiger partial charge in [0.15, 0.2) is 0 Å². The first kappa shape index (κ1) is 14.3. The molecule has 5 N–H and O–H groups in total. The molecular formula is C17H17N6O+. The number of nitrogens with zero attached hydrogens (tertiary/aromatic N) is 2. The van der Waals surface area contributed by atoms with Crippen molar-refractivity contribution >= 4 is 34.5 Å². The molecule has 0 spiro atoms. The lowest BCUT2D eigenvalue weighted by Gasteiger charge is -2.18. The van der Waals surface area contributed by atoms with Crippen LogP contribution in [0.1, 0.15) is 18.7 Å². The van der Waals surface area contributed by atoms with E-state index in [2.05, 4.69) is 25.2 Å². The Morgan fingerprint density at radius 1 is 1.21 bits per heavy atom. The molecule has 0 bridgehead atoms. The van der Waals surface area contributed by atoms with E-state index in [-0.39, 0.29) is 12.1 Å². The summed E-state index contributed by atoms with van der Waals surface area (Å²) in [5.74, 6) is 1.05. The molecule has 7 heteroatoms. The Balaban J connectivity index is 1.80. The Labute approximate surface area is 138 Å². The molecule has 120 valence electrons. The Morgan fingerprint density at radius 2 is 1.96 bits per heavy atom. The summed E-state index contributed by atoms with van der Waals surface area (Å²) in [7, 11) is 0. The molecule has 0 radical (unpaired) electrons.